The van der Waals surface area contributed by atoms with Crippen molar-refractivity contribution in [2.24, 2.45) is 5.92 Å². The molecule has 5 heterocycles. The van der Waals surface area contributed by atoms with Gasteiger partial charge in [-0.15, -0.1) is 0 Å². The number of amides is 1. The van der Waals surface area contributed by atoms with Crippen LogP contribution in [0.5, 0.6) is 11.5 Å². The highest BCUT2D eigenvalue weighted by molar-refractivity contribution is 8.07. The number of anilines is 1. The minimum Gasteiger partial charge on any atom is -0.490 e. The number of unbranched alkanes of at least 4 members (excludes halogenated alkanes) is 30. The number of carbonyl (C=O) groups is 2. The molecule has 5 aromatic rings. The number of aromatic nitrogens is 6. The van der Waals surface area contributed by atoms with Crippen LogP contribution < -0.4 is 36.8 Å². The number of imidazole rings is 1. The normalized spacial score (nSPS) is 18.0. The Labute approximate surface area is 651 Å². The van der Waals surface area contributed by atoms with Gasteiger partial charge in [0.25, 0.3) is 17.0 Å². The average molecular weight is 1550 g/mol. The van der Waals surface area contributed by atoms with E-state index in [0.29, 0.717) is 41.3 Å². The summed E-state index contributed by atoms with van der Waals surface area (Å²) in [6, 6.07) is 13.5. The minimum atomic E-state index is -3.83. The van der Waals surface area contributed by atoms with Crippen molar-refractivity contribution in [1.82, 2.24) is 28.7 Å². The Kier molecular flexibility index (Phi) is 39.5. The van der Waals surface area contributed by atoms with Gasteiger partial charge < -0.3 is 41.8 Å². The first-order chi connectivity index (χ1) is 52.2. The first-order valence-electron chi connectivity index (χ1n) is 41.7. The third-order valence-corrected chi connectivity index (χ3v) is 29.2. The highest BCUT2D eigenvalue weighted by atomic mass is 32.5. The monoisotopic (exact) mass is 1550 g/mol. The number of aromatic amines is 1. The molecule has 2 saturated heterocycles. The van der Waals surface area contributed by atoms with Gasteiger partial charge in [-0.05, 0) is 78.9 Å². The van der Waals surface area contributed by atoms with Crippen LogP contribution in [0.1, 0.15) is 321 Å². The Morgan fingerprint density at radius 2 is 1.17 bits per heavy atom. The van der Waals surface area contributed by atoms with E-state index in [1.165, 1.54) is 184 Å². The summed E-state index contributed by atoms with van der Waals surface area (Å²) in [4.78, 5) is 86.0. The lowest BCUT2D eigenvalue weighted by Crippen LogP contribution is -2.58. The van der Waals surface area contributed by atoms with Crippen molar-refractivity contribution in [3.63, 3.8) is 0 Å². The molecule has 24 heteroatoms. The summed E-state index contributed by atoms with van der Waals surface area (Å²) >= 11 is 6.28. The van der Waals surface area contributed by atoms with Gasteiger partial charge in [0.1, 0.15) is 25.2 Å². The van der Waals surface area contributed by atoms with E-state index < -0.39 is 74.6 Å². The number of fused-ring (bicyclic) bond motifs is 1. The van der Waals surface area contributed by atoms with E-state index >= 15 is 9.59 Å². The molecular formula is C84H133N8O13PSSi. The second kappa shape index (κ2) is 47.6. The van der Waals surface area contributed by atoms with Gasteiger partial charge in [-0.1, -0.05) is 285 Å². The summed E-state index contributed by atoms with van der Waals surface area (Å²) in [7, 11) is -3.00. The van der Waals surface area contributed by atoms with E-state index in [1.807, 2.05) is 32.0 Å². The maximum absolute atomic E-state index is 15.3. The Morgan fingerprint density at radius 1 is 0.657 bits per heavy atom. The quantitative estimate of drug-likeness (QED) is 0.0159. The molecule has 7 unspecified atom stereocenters. The van der Waals surface area contributed by atoms with E-state index in [0.717, 1.165) is 43.7 Å². The van der Waals surface area contributed by atoms with Crippen LogP contribution in [0.4, 0.5) is 5.95 Å². The molecule has 0 spiro atoms. The molecule has 0 aliphatic carbocycles. The second-order valence-electron chi connectivity index (χ2n) is 31.1. The van der Waals surface area contributed by atoms with Crippen LogP contribution in [0.15, 0.2) is 69.4 Å². The zero-order chi connectivity index (χ0) is 77.9. The van der Waals surface area contributed by atoms with E-state index in [4.69, 9.17) is 55.3 Å². The van der Waals surface area contributed by atoms with Crippen molar-refractivity contribution in [2.45, 2.75) is 349 Å². The van der Waals surface area contributed by atoms with E-state index in [2.05, 4.69) is 78.8 Å². The van der Waals surface area contributed by atoms with Gasteiger partial charge >= 0.3 is 12.4 Å². The van der Waals surface area contributed by atoms with Gasteiger partial charge in [0.15, 0.2) is 22.7 Å². The summed E-state index contributed by atoms with van der Waals surface area (Å²) < 4.78 is 57.8. The fraction of sp³-hybridized carbons (Fsp3) is 0.714. The fourth-order valence-electron chi connectivity index (χ4n) is 15.2. The molecule has 2 aliphatic rings. The molecule has 0 saturated carbocycles. The summed E-state index contributed by atoms with van der Waals surface area (Å²) in [6.07, 6.45) is 39.3. The Hall–Kier alpha value is -5.67. The van der Waals surface area contributed by atoms with E-state index in [1.54, 1.807) is 37.5 Å². The topological polar surface area (TPSA) is 232 Å². The van der Waals surface area contributed by atoms with Gasteiger partial charge in [-0.2, -0.15) is 9.55 Å². The maximum Gasteiger partial charge on any atom is 0.340 e. The molecule has 0 bridgehead atoms. The molecule has 0 radical (unpaired) electrons. The van der Waals surface area contributed by atoms with Crippen LogP contribution in [0, 0.1) is 26.3 Å². The van der Waals surface area contributed by atoms with Crippen molar-refractivity contribution < 1.29 is 46.5 Å². The number of carbonyl (C=O) groups excluding carboxylic acids is 2. The molecule has 21 nitrogen and oxygen atoms in total. The third kappa shape index (κ3) is 27.0. The van der Waals surface area contributed by atoms with Crippen LogP contribution in [0.2, 0.25) is 11.1 Å². The van der Waals surface area contributed by atoms with Crippen molar-refractivity contribution in [3.8, 4) is 11.5 Å². The molecular weight excluding hydrogens is 1420 g/mol. The van der Waals surface area contributed by atoms with Gasteiger partial charge in [-0.3, -0.25) is 38.6 Å². The highest BCUT2D eigenvalue weighted by Crippen LogP contribution is 2.55. The number of ether oxygens (including phenoxy) is 4. The van der Waals surface area contributed by atoms with Crippen molar-refractivity contribution in [2.75, 3.05) is 38.3 Å². The minimum absolute atomic E-state index is 0.0330. The summed E-state index contributed by atoms with van der Waals surface area (Å²) in [5.74, 6) is -0.596. The fourth-order valence-corrected chi connectivity index (χ4v) is 22.2. The summed E-state index contributed by atoms with van der Waals surface area (Å²) in [5.41, 5.74) is -0.965. The Bertz CT molecular complexity index is 3770. The maximum atomic E-state index is 15.3. The molecule has 2 aromatic carbocycles. The SMILES string of the molecule is [C-]#[N+]CCOP(=S)(OCC1OC(n2cc(C)c(=O)n(C(=O)c3cc(C)c(OCCCCCCCCCCCCCCCCCC)c(OCCCCCCCCCCCCCCCCCC)c3)c2=O)CC1O[Si](c1ccccc1)(C(C)C)C(C)C)OC1CC(n2cnc3c(=O)[nH]c(NC(=O)C(C)C)nc32)OC1CC. The number of nitrogens with zero attached hydrogens (tertiary/aromatic N) is 6. The lowest BCUT2D eigenvalue weighted by Gasteiger charge is -2.42. The molecule has 7 rings (SSSR count). The molecule has 2 aliphatic heterocycles. The number of benzene rings is 2. The largest absolute Gasteiger partial charge is 0.490 e. The number of rotatable bonds is 55. The lowest BCUT2D eigenvalue weighted by atomic mass is 10.0. The van der Waals surface area contributed by atoms with Crippen molar-refractivity contribution in [3.05, 3.63) is 114 Å². The molecule has 3 aromatic heterocycles. The van der Waals surface area contributed by atoms with E-state index in [9.17, 15) is 14.4 Å². The first-order valence-corrected chi connectivity index (χ1v) is 46.3. The summed E-state index contributed by atoms with van der Waals surface area (Å²) in [6.45, 7) is 26.4. The van der Waals surface area contributed by atoms with Crippen molar-refractivity contribution in [1.29, 1.82) is 0 Å². The summed E-state index contributed by atoms with van der Waals surface area (Å²) in [5, 5.41) is 3.74. The van der Waals surface area contributed by atoms with Crippen LogP contribution in [0.3, 0.4) is 0 Å². The van der Waals surface area contributed by atoms with Gasteiger partial charge in [0, 0.05) is 36.1 Å². The van der Waals surface area contributed by atoms with Crippen LogP contribution >= 0.6 is 6.72 Å². The highest BCUT2D eigenvalue weighted by Gasteiger charge is 2.51. The molecule has 7 atom stereocenters. The Morgan fingerprint density at radius 3 is 1.69 bits per heavy atom. The molecule has 2 N–H and O–H groups in total. The predicted molar refractivity (Wildman–Crippen MR) is 439 cm³/mol. The second-order valence-corrected chi connectivity index (χ2v) is 38.8. The zero-order valence-electron chi connectivity index (χ0n) is 67.5. The first kappa shape index (κ1) is 89.5. The van der Waals surface area contributed by atoms with Crippen molar-refractivity contribution >= 4 is 61.0 Å². The number of aryl methyl sites for hydroxylation is 2. The average Bonchev–Trinajstić information content (AvgIpc) is 1.48. The number of hydrogen-bond donors (Lipinski definition) is 2. The predicted octanol–water partition coefficient (Wildman–Crippen LogP) is 19.9. The molecule has 1 amide bonds. The zero-order valence-corrected chi connectivity index (χ0v) is 70.2. The number of hydrogen-bond acceptors (Lipinski definition) is 16. The van der Waals surface area contributed by atoms with Crippen LogP contribution in [0.25, 0.3) is 16.0 Å². The standard InChI is InChI=1S/C84H133N8O13PSSi/c1-13-16-18-20-22-24-26-28-30-32-34-36-38-40-42-47-52-98-72-56-67(55-65(10)77(72)99-53-48-43-41-39-37-35-33-31-29-27-25-23-21-19-17-14-2)82(96)92-81(95)66(11)59-90(84(92)97)74-58-71(105-108(63(6)7,64(8)9)68-49-45-44-46-50-68)73(103-74)60-101-106(107,100-54-51-85-12)104-70-57-75(102-69(70)15-3)91-61-86-76-78(91)87-83(89-80(76)94)88-79(93)62(4)5/h44-46,49-50,55-56,59,61-64,69-71,73-75H,13-43,47-48,51-54,57-58,60H2,1-11H3,(H2,87,88,89,93,94). The molecule has 108 heavy (non-hydrogen) atoms. The van der Waals surface area contributed by atoms with Gasteiger partial charge in [0.05, 0.1) is 44.5 Å². The van der Waals surface area contributed by atoms with Gasteiger partial charge in [0.2, 0.25) is 26.7 Å². The Balaban J connectivity index is 1.09. The molecule has 602 valence electrons. The van der Waals surface area contributed by atoms with E-state index in [-0.39, 0.29) is 83.7 Å². The number of H-pyrrole nitrogens is 1. The third-order valence-electron chi connectivity index (χ3n) is 21.5. The molecule has 2 fully saturated rings. The van der Waals surface area contributed by atoms with Crippen LogP contribution in [-0.2, 0) is 44.1 Å². The lowest BCUT2D eigenvalue weighted by molar-refractivity contribution is -0.118. The number of nitrogens with one attached hydrogen (secondary N) is 2. The van der Waals surface area contributed by atoms with Gasteiger partial charge in [-0.25, -0.2) is 16.4 Å². The van der Waals surface area contributed by atoms with Crippen LogP contribution in [-0.4, -0.2) is 106 Å². The smallest absolute Gasteiger partial charge is 0.340 e.